The minimum atomic E-state index is 0.505. The molecule has 0 spiro atoms. The van der Waals surface area contributed by atoms with Crippen molar-refractivity contribution in [3.8, 4) is 5.75 Å². The maximum absolute atomic E-state index is 5.68. The first-order chi connectivity index (χ1) is 9.81. The van der Waals surface area contributed by atoms with Gasteiger partial charge in [0, 0.05) is 6.54 Å². The van der Waals surface area contributed by atoms with Crippen LogP contribution in [0.1, 0.15) is 18.2 Å². The molecule has 0 radical (unpaired) electrons. The van der Waals surface area contributed by atoms with Crippen molar-refractivity contribution in [3.63, 3.8) is 0 Å². The van der Waals surface area contributed by atoms with E-state index in [0.717, 1.165) is 29.4 Å². The fourth-order valence-corrected chi connectivity index (χ4v) is 1.83. The van der Waals surface area contributed by atoms with E-state index in [9.17, 15) is 0 Å². The Hall–Kier alpha value is -2.07. The highest BCUT2D eigenvalue weighted by atomic mass is 16.5. The van der Waals surface area contributed by atoms with Gasteiger partial charge in [0.05, 0.1) is 26.0 Å². The molecule has 1 aromatic heterocycles. The van der Waals surface area contributed by atoms with Crippen molar-refractivity contribution in [2.75, 3.05) is 19.0 Å². The Bertz CT molecular complexity index is 526. The second-order valence-corrected chi connectivity index (χ2v) is 4.39. The van der Waals surface area contributed by atoms with Gasteiger partial charge in [-0.2, -0.15) is 0 Å². The van der Waals surface area contributed by atoms with Crippen LogP contribution in [0.5, 0.6) is 5.75 Å². The van der Waals surface area contributed by atoms with E-state index < -0.39 is 0 Å². The number of aromatic nitrogens is 1. The highest BCUT2D eigenvalue weighted by molar-refractivity contribution is 5.34. The Morgan fingerprint density at radius 1 is 1.05 bits per heavy atom. The van der Waals surface area contributed by atoms with Gasteiger partial charge in [-0.25, -0.2) is 4.98 Å². The lowest BCUT2D eigenvalue weighted by atomic mass is 10.2. The van der Waals surface area contributed by atoms with Crippen molar-refractivity contribution in [3.05, 3.63) is 53.7 Å². The first-order valence-electron chi connectivity index (χ1n) is 6.72. The molecule has 0 bridgehead atoms. The maximum Gasteiger partial charge on any atom is 0.126 e. The van der Waals surface area contributed by atoms with Crippen LogP contribution in [0.4, 0.5) is 5.82 Å². The summed E-state index contributed by atoms with van der Waals surface area (Å²) in [6.07, 6.45) is 0. The fourth-order valence-electron chi connectivity index (χ4n) is 1.83. The summed E-state index contributed by atoms with van der Waals surface area (Å²) in [5.74, 6) is 1.74. The zero-order valence-electron chi connectivity index (χ0n) is 11.9. The molecule has 1 aromatic carbocycles. The van der Waals surface area contributed by atoms with Gasteiger partial charge >= 0.3 is 0 Å². The lowest BCUT2D eigenvalue weighted by Crippen LogP contribution is -2.02. The molecule has 0 aliphatic carbocycles. The predicted octanol–water partition coefficient (Wildman–Crippen LogP) is 3.24. The lowest BCUT2D eigenvalue weighted by molar-refractivity contribution is 0.104. The quantitative estimate of drug-likeness (QED) is 0.840. The van der Waals surface area contributed by atoms with Gasteiger partial charge in [-0.3, -0.25) is 0 Å². The average Bonchev–Trinajstić information content (AvgIpc) is 2.49. The highest BCUT2D eigenvalue weighted by Crippen LogP contribution is 2.13. The molecule has 0 aliphatic heterocycles. The third kappa shape index (κ3) is 4.24. The largest absolute Gasteiger partial charge is 0.497 e. The minimum absolute atomic E-state index is 0.505. The van der Waals surface area contributed by atoms with E-state index in [4.69, 9.17) is 9.47 Å². The summed E-state index contributed by atoms with van der Waals surface area (Å²) >= 11 is 0. The molecule has 0 saturated heterocycles. The standard InChI is InChI=1S/C16H20N2O2/c1-3-17-16-6-4-5-14(18-16)12-20-11-13-7-9-15(19-2)10-8-13/h4-10H,3,11-12H2,1-2H3,(H,17,18). The summed E-state index contributed by atoms with van der Waals surface area (Å²) in [6, 6.07) is 13.8. The van der Waals surface area contributed by atoms with E-state index in [2.05, 4.69) is 17.2 Å². The van der Waals surface area contributed by atoms with E-state index in [0.29, 0.717) is 13.2 Å². The normalized spacial score (nSPS) is 10.3. The maximum atomic E-state index is 5.68. The van der Waals surface area contributed by atoms with E-state index in [1.54, 1.807) is 7.11 Å². The zero-order chi connectivity index (χ0) is 14.2. The van der Waals surface area contributed by atoms with E-state index >= 15 is 0 Å². The van der Waals surface area contributed by atoms with Crippen molar-refractivity contribution in [1.82, 2.24) is 4.98 Å². The molecule has 2 aromatic rings. The topological polar surface area (TPSA) is 43.4 Å². The van der Waals surface area contributed by atoms with Crippen LogP contribution in [-0.4, -0.2) is 18.6 Å². The molecular weight excluding hydrogens is 252 g/mol. The van der Waals surface area contributed by atoms with Crippen LogP contribution in [0.3, 0.4) is 0 Å². The number of benzene rings is 1. The molecule has 0 fully saturated rings. The van der Waals surface area contributed by atoms with Crippen molar-refractivity contribution < 1.29 is 9.47 Å². The Morgan fingerprint density at radius 3 is 2.55 bits per heavy atom. The molecule has 0 amide bonds. The fraction of sp³-hybridized carbons (Fsp3) is 0.312. The second-order valence-electron chi connectivity index (χ2n) is 4.39. The zero-order valence-corrected chi connectivity index (χ0v) is 11.9. The summed E-state index contributed by atoms with van der Waals surface area (Å²) in [7, 11) is 1.66. The first kappa shape index (κ1) is 14.3. The first-order valence-corrected chi connectivity index (χ1v) is 6.72. The number of methoxy groups -OCH3 is 1. The summed E-state index contributed by atoms with van der Waals surface area (Å²) in [4.78, 5) is 4.46. The number of anilines is 1. The molecular formula is C16H20N2O2. The summed E-state index contributed by atoms with van der Waals surface area (Å²) in [5, 5.41) is 3.19. The second kappa shape index (κ2) is 7.50. The number of nitrogens with one attached hydrogen (secondary N) is 1. The number of hydrogen-bond acceptors (Lipinski definition) is 4. The predicted molar refractivity (Wildman–Crippen MR) is 79.9 cm³/mol. The van der Waals surface area contributed by atoms with Gasteiger partial charge in [-0.05, 0) is 36.8 Å². The highest BCUT2D eigenvalue weighted by Gasteiger charge is 1.99. The Balaban J connectivity index is 1.84. The molecule has 0 atom stereocenters. The van der Waals surface area contributed by atoms with Gasteiger partial charge in [0.15, 0.2) is 0 Å². The van der Waals surface area contributed by atoms with E-state index in [1.165, 1.54) is 0 Å². The van der Waals surface area contributed by atoms with Gasteiger partial charge in [0.1, 0.15) is 11.6 Å². The van der Waals surface area contributed by atoms with Crippen LogP contribution in [0.2, 0.25) is 0 Å². The monoisotopic (exact) mass is 272 g/mol. The summed E-state index contributed by atoms with van der Waals surface area (Å²) in [5.41, 5.74) is 2.05. The molecule has 0 aliphatic rings. The number of hydrogen-bond donors (Lipinski definition) is 1. The molecule has 4 nitrogen and oxygen atoms in total. The average molecular weight is 272 g/mol. The lowest BCUT2D eigenvalue weighted by Gasteiger charge is -2.07. The van der Waals surface area contributed by atoms with Crippen LogP contribution in [0, 0.1) is 0 Å². The van der Waals surface area contributed by atoms with Crippen molar-refractivity contribution >= 4 is 5.82 Å². The Morgan fingerprint density at radius 2 is 1.85 bits per heavy atom. The molecule has 1 heterocycles. The summed E-state index contributed by atoms with van der Waals surface area (Å²) in [6.45, 7) is 3.99. The third-order valence-electron chi connectivity index (χ3n) is 2.84. The van der Waals surface area contributed by atoms with Gasteiger partial charge in [-0.1, -0.05) is 18.2 Å². The molecule has 4 heteroatoms. The molecule has 0 unspecified atom stereocenters. The SMILES string of the molecule is CCNc1cccc(COCc2ccc(OC)cc2)n1. The molecule has 106 valence electrons. The minimum Gasteiger partial charge on any atom is -0.497 e. The van der Waals surface area contributed by atoms with Crippen LogP contribution >= 0.6 is 0 Å². The Labute approximate surface area is 119 Å². The molecule has 1 N–H and O–H groups in total. The van der Waals surface area contributed by atoms with Gasteiger partial charge < -0.3 is 14.8 Å². The van der Waals surface area contributed by atoms with Crippen LogP contribution < -0.4 is 10.1 Å². The Kier molecular flexibility index (Phi) is 5.38. The van der Waals surface area contributed by atoms with E-state index in [1.807, 2.05) is 42.5 Å². The number of nitrogens with zero attached hydrogens (tertiary/aromatic N) is 1. The van der Waals surface area contributed by atoms with Crippen LogP contribution in [0.15, 0.2) is 42.5 Å². The third-order valence-corrected chi connectivity index (χ3v) is 2.84. The van der Waals surface area contributed by atoms with Crippen LogP contribution in [-0.2, 0) is 18.0 Å². The van der Waals surface area contributed by atoms with Crippen molar-refractivity contribution in [2.24, 2.45) is 0 Å². The molecule has 20 heavy (non-hydrogen) atoms. The number of rotatable bonds is 7. The molecule has 0 saturated carbocycles. The molecule has 2 rings (SSSR count). The van der Waals surface area contributed by atoms with Gasteiger partial charge in [-0.15, -0.1) is 0 Å². The summed E-state index contributed by atoms with van der Waals surface area (Å²) < 4.78 is 10.8. The van der Waals surface area contributed by atoms with E-state index in [-0.39, 0.29) is 0 Å². The smallest absolute Gasteiger partial charge is 0.126 e. The van der Waals surface area contributed by atoms with Crippen molar-refractivity contribution in [2.45, 2.75) is 20.1 Å². The van der Waals surface area contributed by atoms with Crippen molar-refractivity contribution in [1.29, 1.82) is 0 Å². The number of pyridine rings is 1. The number of ether oxygens (including phenoxy) is 2. The van der Waals surface area contributed by atoms with Gasteiger partial charge in [0.2, 0.25) is 0 Å². The van der Waals surface area contributed by atoms with Gasteiger partial charge in [0.25, 0.3) is 0 Å². The van der Waals surface area contributed by atoms with Crippen LogP contribution in [0.25, 0.3) is 0 Å².